The van der Waals surface area contributed by atoms with Gasteiger partial charge in [-0.25, -0.2) is 34.6 Å². The van der Waals surface area contributed by atoms with Gasteiger partial charge in [-0.3, -0.25) is 20.7 Å². The molecule has 0 aromatic heterocycles. The number of anilines is 2. The van der Waals surface area contributed by atoms with Crippen LogP contribution in [0.2, 0.25) is 0 Å². The maximum Gasteiger partial charge on any atom is 0.414 e. The number of nitrogens with one attached hydrogen (secondary N) is 11. The number of aromatic hydroxyl groups is 2. The molecule has 7 aliphatic rings. The number of hydrogen-bond acceptors (Lipinski definition) is 12. The van der Waals surface area contributed by atoms with E-state index in [9.17, 15) is 29.7 Å². The van der Waals surface area contributed by atoms with E-state index < -0.39 is 11.7 Å². The highest BCUT2D eigenvalue weighted by molar-refractivity contribution is 6.06. The number of nitrogens with zero attached hydrogens (tertiary/aromatic N) is 5. The van der Waals surface area contributed by atoms with E-state index in [2.05, 4.69) is 105 Å². The molecule has 0 unspecified atom stereocenters. The van der Waals surface area contributed by atoms with Crippen molar-refractivity contribution in [1.82, 2.24) is 47.9 Å². The summed E-state index contributed by atoms with van der Waals surface area (Å²) in [6.07, 6.45) is 39.8. The van der Waals surface area contributed by atoms with Gasteiger partial charge in [-0.2, -0.15) is 0 Å². The Morgan fingerprint density at radius 3 is 1.08 bits per heavy atom. The highest BCUT2D eigenvalue weighted by Crippen LogP contribution is 2.27. The lowest BCUT2D eigenvalue weighted by Gasteiger charge is -2.31. The molecule has 23 nitrogen and oxygen atoms in total. The second-order valence-corrected chi connectivity index (χ2v) is 35.9. The van der Waals surface area contributed by atoms with Crippen LogP contribution in [-0.2, 0) is 4.74 Å². The zero-order valence-electron chi connectivity index (χ0n) is 70.8. The van der Waals surface area contributed by atoms with Crippen molar-refractivity contribution in [1.29, 1.82) is 0 Å². The average molecular weight is 1560 g/mol. The first-order chi connectivity index (χ1) is 53.9. The lowest BCUT2D eigenvalue weighted by molar-refractivity contribution is 0.0560. The molecular weight excluding hydrogens is 1420 g/mol. The second kappa shape index (κ2) is 47.9. The molecule has 626 valence electrons. The molecule has 4 aromatic rings. The van der Waals surface area contributed by atoms with Gasteiger partial charge in [0.2, 0.25) is 11.9 Å². The number of amides is 4. The number of benzene rings is 4. The third-order valence-electron chi connectivity index (χ3n) is 20.3. The molecule has 0 radical (unpaired) electrons. The van der Waals surface area contributed by atoms with Crippen molar-refractivity contribution in [2.24, 2.45) is 25.0 Å². The van der Waals surface area contributed by atoms with E-state index in [0.717, 1.165) is 94.4 Å². The highest BCUT2D eigenvalue weighted by atomic mass is 16.6. The van der Waals surface area contributed by atoms with Crippen molar-refractivity contribution in [2.45, 2.75) is 372 Å². The average Bonchev–Trinajstić information content (AvgIpc) is 0.888. The molecule has 0 bridgehead atoms. The first kappa shape index (κ1) is 91.6. The van der Waals surface area contributed by atoms with E-state index in [4.69, 9.17) is 24.7 Å². The second-order valence-electron chi connectivity index (χ2n) is 35.9. The molecule has 0 aliphatic heterocycles. The Morgan fingerprint density at radius 1 is 0.354 bits per heavy atom. The van der Waals surface area contributed by atoms with Crippen LogP contribution in [0, 0.1) is 0 Å². The van der Waals surface area contributed by atoms with Crippen LogP contribution in [0.15, 0.2) is 134 Å². The molecule has 4 aromatic carbocycles. The van der Waals surface area contributed by atoms with Gasteiger partial charge in [-0.15, -0.1) is 0 Å². The fraction of sp³-hybridized carbons (Fsp3) is 0.644. The predicted molar refractivity (Wildman–Crippen MR) is 466 cm³/mol. The van der Waals surface area contributed by atoms with Crippen molar-refractivity contribution in [3.63, 3.8) is 0 Å². The number of ether oxygens (including phenoxy) is 1. The standard InChI is InChI=1S/C20H29N3O.C19H17N3O2.C18H34N4O.C18H33N3O2.C15H31N3O/c24-19(16-10-4-1-5-11-16)23-20(21-17-12-6-2-7-13-17)22-18-14-8-3-9-15-18;23-17-10-6-15(7-11-17)21-19(20-14-4-2-1-3-5-14)22-16-8-12-18(24)13-9-16;1-18(2,3)22-17(23)21-16(19-14-10-6-4-7-11-14)20-15-12-8-5-9-13-15;1-18(2,3)23-17(22)21-16(19-14-10-6-4-7-11-14)20-15-12-8-5-9-13-15;1-14(2,3)17-13(18-15(4,5)6)16-11-7-9-12(19)10-8-11/h1,4-5,10-11,17-18H,2-3,6-9,12-15H2,(H2,21,22,23,24);1-13,23-24H,(H2,20,21,22);14-15H,4-13H2,1-3H3,(H3,19,20,21,22,23);14-15H,4-13H2,1-3H3,(H2,19,20,21,22);11-12,19H,7-10H2,1-6H3,(H2,16,17,18). The van der Waals surface area contributed by atoms with Gasteiger partial charge in [0.1, 0.15) is 17.1 Å². The fourth-order valence-corrected chi connectivity index (χ4v) is 14.7. The first-order valence-electron chi connectivity index (χ1n) is 43.0. The topological polar surface area (TPSA) is 315 Å². The summed E-state index contributed by atoms with van der Waals surface area (Å²) in [6, 6.07) is 34.9. The quantitative estimate of drug-likeness (QED) is 0.0377. The number of urea groups is 1. The van der Waals surface area contributed by atoms with Crippen LogP contribution >= 0.6 is 0 Å². The van der Waals surface area contributed by atoms with Gasteiger partial charge in [0.15, 0.2) is 17.9 Å². The van der Waals surface area contributed by atoms with Gasteiger partial charge in [0.25, 0.3) is 5.91 Å². The lowest BCUT2D eigenvalue weighted by atomic mass is 9.93. The summed E-state index contributed by atoms with van der Waals surface area (Å²) >= 11 is 0. The minimum Gasteiger partial charge on any atom is -0.508 e. The number of alkyl carbamates (subject to hydrolysis) is 1. The van der Waals surface area contributed by atoms with Crippen molar-refractivity contribution >= 4 is 64.9 Å². The van der Waals surface area contributed by atoms with Crippen molar-refractivity contribution in [2.75, 3.05) is 10.6 Å². The van der Waals surface area contributed by atoms with E-state index >= 15 is 0 Å². The van der Waals surface area contributed by atoms with Crippen LogP contribution < -0.4 is 58.5 Å². The van der Waals surface area contributed by atoms with Crippen LogP contribution in [0.3, 0.4) is 0 Å². The minimum absolute atomic E-state index is 0.00867. The molecule has 0 spiro atoms. The Morgan fingerprint density at radius 2 is 0.690 bits per heavy atom. The van der Waals surface area contributed by atoms with Gasteiger partial charge in [0.05, 0.1) is 36.0 Å². The minimum atomic E-state index is -0.495. The number of phenolic OH excluding ortho intramolecular Hbond substituents is 2. The van der Waals surface area contributed by atoms with Gasteiger partial charge in [0, 0.05) is 51.7 Å². The molecule has 0 atom stereocenters. The summed E-state index contributed by atoms with van der Waals surface area (Å²) in [5.74, 6) is 3.69. The number of carbonyl (C=O) groups is 3. The monoisotopic (exact) mass is 1560 g/mol. The van der Waals surface area contributed by atoms with E-state index in [1.807, 2.05) is 102 Å². The van der Waals surface area contributed by atoms with E-state index in [-0.39, 0.29) is 46.2 Å². The van der Waals surface area contributed by atoms with Gasteiger partial charge in [-0.05, 0) is 259 Å². The Labute approximate surface area is 677 Å². The third kappa shape index (κ3) is 40.8. The Balaban J connectivity index is 0.000000196. The Hall–Kier alpha value is -8.60. The largest absolute Gasteiger partial charge is 0.508 e. The van der Waals surface area contributed by atoms with Crippen LogP contribution in [0.1, 0.15) is 312 Å². The predicted octanol–water partition coefficient (Wildman–Crippen LogP) is 18.6. The maximum absolute atomic E-state index is 12.5. The smallest absolute Gasteiger partial charge is 0.414 e. The number of rotatable bonds is 11. The van der Waals surface area contributed by atoms with Gasteiger partial charge >= 0.3 is 12.1 Å². The molecule has 7 saturated carbocycles. The van der Waals surface area contributed by atoms with Crippen molar-refractivity contribution in [3.8, 4) is 11.5 Å². The summed E-state index contributed by atoms with van der Waals surface area (Å²) in [7, 11) is 0. The number of phenols is 2. The SMILES string of the molecule is CC(C)(C)NC(=NC1CCC(O)CC1)NC(C)(C)C.CC(C)(C)NC(=O)NC(=NC1CCCCC1)NC1CCCCC1.CC(C)(C)OC(=O)NC(=NC1CCCCC1)NC1CCCCC1.O=C(NC(=NC1CCCCC1)NC1CCCCC1)c1ccccc1.Oc1ccc(N=C(Nc2ccccc2)Nc2ccc(O)cc2)cc1. The molecule has 14 N–H and O–H groups in total. The van der Waals surface area contributed by atoms with Gasteiger partial charge in [-0.1, -0.05) is 152 Å². The number of aliphatic hydroxyl groups excluding tert-OH is 1. The molecule has 4 amide bonds. The highest BCUT2D eigenvalue weighted by Gasteiger charge is 2.27. The molecule has 113 heavy (non-hydrogen) atoms. The summed E-state index contributed by atoms with van der Waals surface area (Å²) in [5, 5.41) is 63.9. The first-order valence-corrected chi connectivity index (χ1v) is 43.0. The summed E-state index contributed by atoms with van der Waals surface area (Å²) in [4.78, 5) is 60.7. The maximum atomic E-state index is 12.5. The number of aliphatic imine (C=N–C) groups is 5. The lowest BCUT2D eigenvalue weighted by Crippen LogP contribution is -2.53. The number of guanidine groups is 5. The van der Waals surface area contributed by atoms with Crippen LogP contribution in [0.5, 0.6) is 11.5 Å². The van der Waals surface area contributed by atoms with E-state index in [1.54, 1.807) is 48.5 Å². The molecular formula is C90H144N16O7. The van der Waals surface area contributed by atoms with Crippen LogP contribution in [0.4, 0.5) is 26.7 Å². The summed E-state index contributed by atoms with van der Waals surface area (Å²) in [6.45, 7) is 24.4. The number of hydrogen-bond donors (Lipinski definition) is 14. The molecule has 0 heterocycles. The number of aliphatic hydroxyl groups is 1. The number of para-hydroxylation sites is 1. The fourth-order valence-electron chi connectivity index (χ4n) is 14.7. The Bertz CT molecular complexity index is 3420. The molecule has 23 heteroatoms. The normalized spacial score (nSPS) is 19.8. The Kier molecular flexibility index (Phi) is 38.8. The van der Waals surface area contributed by atoms with Crippen LogP contribution in [0.25, 0.3) is 0 Å². The molecule has 7 fully saturated rings. The van der Waals surface area contributed by atoms with E-state index in [0.29, 0.717) is 77.4 Å². The van der Waals surface area contributed by atoms with Gasteiger partial charge < -0.3 is 62.6 Å². The molecule has 0 saturated heterocycles. The third-order valence-corrected chi connectivity index (χ3v) is 20.3. The zero-order chi connectivity index (χ0) is 81.5. The van der Waals surface area contributed by atoms with Crippen LogP contribution in [-0.4, -0.2) is 134 Å². The van der Waals surface area contributed by atoms with Crippen molar-refractivity contribution in [3.05, 3.63) is 115 Å². The van der Waals surface area contributed by atoms with E-state index in [1.165, 1.54) is 141 Å². The zero-order valence-corrected chi connectivity index (χ0v) is 70.8. The van der Waals surface area contributed by atoms with Crippen molar-refractivity contribution < 1.29 is 34.4 Å². The molecule has 7 aliphatic carbocycles. The molecule has 11 rings (SSSR count). The number of carbonyl (C=O) groups excluding carboxylic acids is 3. The summed E-state index contributed by atoms with van der Waals surface area (Å²) in [5.41, 5.74) is 2.29. The summed E-state index contributed by atoms with van der Waals surface area (Å²) < 4.78 is 5.38.